The van der Waals surface area contributed by atoms with Gasteiger partial charge in [0, 0.05) is 18.8 Å². The lowest BCUT2D eigenvalue weighted by atomic mass is 10.4. The van der Waals surface area contributed by atoms with Gasteiger partial charge in [0.15, 0.2) is 0 Å². The quantitative estimate of drug-likeness (QED) is 0.450. The molecular weight excluding hydrogens is 146 g/mol. The first-order valence-corrected chi connectivity index (χ1v) is 3.99. The van der Waals surface area contributed by atoms with Gasteiger partial charge in [-0.15, -0.1) is 0 Å². The molecule has 0 aromatic heterocycles. The summed E-state index contributed by atoms with van der Waals surface area (Å²) in [5.74, 6) is 0.785. The number of hydrogen-bond acceptors (Lipinski definition) is 3. The van der Waals surface area contributed by atoms with Crippen molar-refractivity contribution in [2.24, 2.45) is 0 Å². The van der Waals surface area contributed by atoms with Gasteiger partial charge in [-0.1, -0.05) is 12.2 Å². The largest absolute Gasteiger partial charge is 0.395 e. The van der Waals surface area contributed by atoms with Crippen LogP contribution < -0.4 is 0 Å². The average Bonchev–Trinajstić information content (AvgIpc) is 1.89. The van der Waals surface area contributed by atoms with Crippen molar-refractivity contribution in [3.63, 3.8) is 0 Å². The Balaban J connectivity index is 3.20. The standard InChI is InChI=1S/C7H15NOS/c1-8(5-6-9)4-2-3-7-10/h2-3,9-10H,4-7H2,1H3. The summed E-state index contributed by atoms with van der Waals surface area (Å²) in [7, 11) is 1.97. The second kappa shape index (κ2) is 7.12. The minimum absolute atomic E-state index is 0.227. The summed E-state index contributed by atoms with van der Waals surface area (Å²) < 4.78 is 0. The third-order valence-corrected chi connectivity index (χ3v) is 1.38. The Labute approximate surface area is 67.9 Å². The predicted octanol–water partition coefficient (Wildman–Crippen LogP) is 0.396. The van der Waals surface area contributed by atoms with Gasteiger partial charge in [-0.2, -0.15) is 12.6 Å². The Morgan fingerprint density at radius 2 is 2.20 bits per heavy atom. The van der Waals surface area contributed by atoms with Crippen molar-refractivity contribution in [2.45, 2.75) is 0 Å². The van der Waals surface area contributed by atoms with Crippen molar-refractivity contribution in [3.8, 4) is 0 Å². The Morgan fingerprint density at radius 1 is 1.50 bits per heavy atom. The molecular formula is C7H15NOS. The summed E-state index contributed by atoms with van der Waals surface area (Å²) in [6.07, 6.45) is 4.04. The molecule has 0 aliphatic heterocycles. The highest BCUT2D eigenvalue weighted by atomic mass is 32.1. The molecule has 0 spiro atoms. The van der Waals surface area contributed by atoms with E-state index in [-0.39, 0.29) is 6.61 Å². The van der Waals surface area contributed by atoms with E-state index in [9.17, 15) is 0 Å². The second-order valence-corrected chi connectivity index (χ2v) is 2.50. The van der Waals surface area contributed by atoms with Crippen molar-refractivity contribution < 1.29 is 5.11 Å². The van der Waals surface area contributed by atoms with Gasteiger partial charge in [0.1, 0.15) is 0 Å². The van der Waals surface area contributed by atoms with E-state index in [4.69, 9.17) is 5.11 Å². The van der Waals surface area contributed by atoms with Crippen LogP contribution in [0.1, 0.15) is 0 Å². The van der Waals surface area contributed by atoms with Crippen LogP contribution in [0.2, 0.25) is 0 Å². The molecule has 0 heterocycles. The number of nitrogens with zero attached hydrogens (tertiary/aromatic N) is 1. The molecule has 1 N–H and O–H groups in total. The molecule has 2 nitrogen and oxygen atoms in total. The zero-order valence-electron chi connectivity index (χ0n) is 6.32. The van der Waals surface area contributed by atoms with Crippen molar-refractivity contribution >= 4 is 12.6 Å². The van der Waals surface area contributed by atoms with Gasteiger partial charge in [0.2, 0.25) is 0 Å². The molecule has 0 aromatic carbocycles. The highest BCUT2D eigenvalue weighted by Crippen LogP contribution is 1.83. The van der Waals surface area contributed by atoms with Crippen LogP contribution in [0.3, 0.4) is 0 Å². The van der Waals surface area contributed by atoms with Gasteiger partial charge in [-0.3, -0.25) is 0 Å². The first-order chi connectivity index (χ1) is 4.81. The van der Waals surface area contributed by atoms with Crippen molar-refractivity contribution in [1.29, 1.82) is 0 Å². The molecule has 3 heteroatoms. The summed E-state index contributed by atoms with van der Waals surface area (Å²) in [6, 6.07) is 0. The summed E-state index contributed by atoms with van der Waals surface area (Å²) in [5, 5.41) is 8.51. The van der Waals surface area contributed by atoms with E-state index in [1.165, 1.54) is 0 Å². The molecule has 0 unspecified atom stereocenters. The molecule has 0 radical (unpaired) electrons. The van der Waals surface area contributed by atoms with E-state index in [1.807, 2.05) is 24.1 Å². The molecule has 0 amide bonds. The van der Waals surface area contributed by atoms with Crippen molar-refractivity contribution in [1.82, 2.24) is 4.90 Å². The number of likely N-dealkylation sites (N-methyl/N-ethyl adjacent to an activating group) is 1. The number of aliphatic hydroxyl groups excluding tert-OH is 1. The second-order valence-electron chi connectivity index (χ2n) is 2.14. The van der Waals surface area contributed by atoms with Gasteiger partial charge in [-0.05, 0) is 7.05 Å². The fourth-order valence-corrected chi connectivity index (χ4v) is 0.740. The summed E-state index contributed by atoms with van der Waals surface area (Å²) in [6.45, 7) is 1.85. The molecule has 0 atom stereocenters. The van der Waals surface area contributed by atoms with Crippen LogP contribution in [0.15, 0.2) is 12.2 Å². The topological polar surface area (TPSA) is 23.5 Å². The Kier molecular flexibility index (Phi) is 7.13. The van der Waals surface area contributed by atoms with Gasteiger partial charge >= 0.3 is 0 Å². The lowest BCUT2D eigenvalue weighted by Gasteiger charge is -2.10. The highest BCUT2D eigenvalue weighted by Gasteiger charge is 1.90. The van der Waals surface area contributed by atoms with Crippen LogP contribution in [0, 0.1) is 0 Å². The fraction of sp³-hybridized carbons (Fsp3) is 0.714. The molecule has 0 aliphatic carbocycles. The smallest absolute Gasteiger partial charge is 0.0558 e. The molecule has 0 aliphatic rings. The maximum Gasteiger partial charge on any atom is 0.0558 e. The molecule has 0 rings (SSSR count). The molecule has 10 heavy (non-hydrogen) atoms. The average molecular weight is 161 g/mol. The minimum atomic E-state index is 0.227. The van der Waals surface area contributed by atoms with E-state index in [0.29, 0.717) is 0 Å². The van der Waals surface area contributed by atoms with Crippen LogP contribution in [0.25, 0.3) is 0 Å². The number of rotatable bonds is 5. The molecule has 0 saturated carbocycles. The lowest BCUT2D eigenvalue weighted by molar-refractivity contribution is 0.232. The van der Waals surface area contributed by atoms with E-state index in [2.05, 4.69) is 12.6 Å². The number of thiol groups is 1. The van der Waals surface area contributed by atoms with Crippen LogP contribution >= 0.6 is 12.6 Å². The lowest BCUT2D eigenvalue weighted by Crippen LogP contribution is -2.21. The van der Waals surface area contributed by atoms with Crippen LogP contribution in [0.4, 0.5) is 0 Å². The van der Waals surface area contributed by atoms with Crippen LogP contribution in [-0.2, 0) is 0 Å². The normalized spacial score (nSPS) is 11.6. The minimum Gasteiger partial charge on any atom is -0.395 e. The van der Waals surface area contributed by atoms with E-state index in [1.54, 1.807) is 0 Å². The SMILES string of the molecule is CN(CC=CCS)CCO. The van der Waals surface area contributed by atoms with Gasteiger partial charge in [0.25, 0.3) is 0 Å². The first-order valence-electron chi connectivity index (χ1n) is 3.36. The van der Waals surface area contributed by atoms with Crippen LogP contribution in [0.5, 0.6) is 0 Å². The predicted molar refractivity (Wildman–Crippen MR) is 47.6 cm³/mol. The molecule has 0 fully saturated rings. The monoisotopic (exact) mass is 161 g/mol. The van der Waals surface area contributed by atoms with Gasteiger partial charge in [-0.25, -0.2) is 0 Å². The van der Waals surface area contributed by atoms with Gasteiger partial charge < -0.3 is 10.0 Å². The zero-order chi connectivity index (χ0) is 7.82. The number of hydrogen-bond donors (Lipinski definition) is 2. The zero-order valence-corrected chi connectivity index (χ0v) is 7.22. The maximum atomic E-state index is 8.51. The Hall–Kier alpha value is 0.01000. The van der Waals surface area contributed by atoms with Gasteiger partial charge in [0.05, 0.1) is 6.61 Å². The third-order valence-electron chi connectivity index (χ3n) is 1.17. The van der Waals surface area contributed by atoms with Crippen LogP contribution in [-0.4, -0.2) is 42.5 Å². The third kappa shape index (κ3) is 6.13. The highest BCUT2D eigenvalue weighted by molar-refractivity contribution is 7.80. The molecule has 0 saturated heterocycles. The summed E-state index contributed by atoms with van der Waals surface area (Å²) in [4.78, 5) is 2.04. The Bertz CT molecular complexity index is 95.6. The molecule has 0 aromatic rings. The fourth-order valence-electron chi connectivity index (χ4n) is 0.591. The molecule has 0 bridgehead atoms. The first kappa shape index (κ1) is 10.0. The summed E-state index contributed by atoms with van der Waals surface area (Å²) >= 11 is 4.02. The maximum absolute atomic E-state index is 8.51. The van der Waals surface area contributed by atoms with Crippen molar-refractivity contribution in [3.05, 3.63) is 12.2 Å². The molecule has 60 valence electrons. The number of aliphatic hydroxyl groups is 1. The van der Waals surface area contributed by atoms with E-state index in [0.717, 1.165) is 18.8 Å². The Morgan fingerprint density at radius 3 is 2.70 bits per heavy atom. The van der Waals surface area contributed by atoms with Crippen molar-refractivity contribution in [2.75, 3.05) is 32.5 Å². The van der Waals surface area contributed by atoms with E-state index >= 15 is 0 Å². The summed E-state index contributed by atoms with van der Waals surface area (Å²) in [5.41, 5.74) is 0. The van der Waals surface area contributed by atoms with E-state index < -0.39 is 0 Å².